The number of ether oxygens (including phenoxy) is 1. The third-order valence-electron chi connectivity index (χ3n) is 4.36. The highest BCUT2D eigenvalue weighted by molar-refractivity contribution is 5.68. The summed E-state index contributed by atoms with van der Waals surface area (Å²) in [5.74, 6) is 2.66. The van der Waals surface area contributed by atoms with Gasteiger partial charge in [-0.05, 0) is 36.4 Å². The van der Waals surface area contributed by atoms with Gasteiger partial charge in [0.2, 0.25) is 0 Å². The number of fused-ring (bicyclic) bond motifs is 1. The van der Waals surface area contributed by atoms with Crippen LogP contribution in [0.2, 0.25) is 0 Å². The molecule has 120 valence electrons. The molecule has 1 aliphatic rings. The highest BCUT2D eigenvalue weighted by Gasteiger charge is 2.37. The second-order valence-corrected chi connectivity index (χ2v) is 6.64. The summed E-state index contributed by atoms with van der Waals surface area (Å²) in [6.45, 7) is 5.34. The van der Waals surface area contributed by atoms with Gasteiger partial charge in [0.1, 0.15) is 23.6 Å². The lowest BCUT2D eigenvalue weighted by molar-refractivity contribution is 0.482. The van der Waals surface area contributed by atoms with Crippen LogP contribution in [0.4, 0.5) is 11.5 Å². The molecule has 0 radical (unpaired) electrons. The maximum absolute atomic E-state index is 5.86. The Morgan fingerprint density at radius 3 is 2.42 bits per heavy atom. The first-order valence-electron chi connectivity index (χ1n) is 8.04. The molecule has 0 bridgehead atoms. The zero-order chi connectivity index (χ0) is 16.6. The molecule has 1 aliphatic heterocycles. The van der Waals surface area contributed by atoms with Gasteiger partial charge in [-0.2, -0.15) is 0 Å². The van der Waals surface area contributed by atoms with Crippen molar-refractivity contribution >= 4 is 11.5 Å². The number of aromatic nitrogens is 2. The highest BCUT2D eigenvalue weighted by Crippen LogP contribution is 2.42. The summed E-state index contributed by atoms with van der Waals surface area (Å²) >= 11 is 0. The highest BCUT2D eigenvalue weighted by atomic mass is 16.5. The van der Waals surface area contributed by atoms with Crippen LogP contribution >= 0.6 is 0 Å². The lowest BCUT2D eigenvalue weighted by Crippen LogP contribution is -2.25. The Hall–Kier alpha value is -2.88. The minimum Gasteiger partial charge on any atom is -0.457 e. The van der Waals surface area contributed by atoms with E-state index in [0.717, 1.165) is 29.5 Å². The van der Waals surface area contributed by atoms with Gasteiger partial charge in [-0.15, -0.1) is 0 Å². The smallest absolute Gasteiger partial charge is 0.140 e. The van der Waals surface area contributed by atoms with E-state index < -0.39 is 0 Å². The van der Waals surface area contributed by atoms with E-state index in [9.17, 15) is 0 Å². The van der Waals surface area contributed by atoms with Crippen molar-refractivity contribution in [2.24, 2.45) is 0 Å². The minimum absolute atomic E-state index is 0.0375. The third kappa shape index (κ3) is 2.60. The van der Waals surface area contributed by atoms with Gasteiger partial charge in [0.25, 0.3) is 0 Å². The van der Waals surface area contributed by atoms with Gasteiger partial charge in [0, 0.05) is 29.4 Å². The number of anilines is 2. The first-order chi connectivity index (χ1) is 11.6. The maximum atomic E-state index is 5.86. The van der Waals surface area contributed by atoms with E-state index in [0.29, 0.717) is 0 Å². The molecule has 0 saturated carbocycles. The molecule has 3 aromatic rings. The molecule has 0 N–H and O–H groups in total. The lowest BCUT2D eigenvalue weighted by Gasteiger charge is -2.22. The van der Waals surface area contributed by atoms with Crippen molar-refractivity contribution < 1.29 is 4.74 Å². The van der Waals surface area contributed by atoms with Gasteiger partial charge < -0.3 is 9.64 Å². The molecule has 0 saturated heterocycles. The van der Waals surface area contributed by atoms with Crippen LogP contribution < -0.4 is 9.64 Å². The first-order valence-corrected chi connectivity index (χ1v) is 8.04. The van der Waals surface area contributed by atoms with E-state index in [-0.39, 0.29) is 5.41 Å². The zero-order valence-electron chi connectivity index (χ0n) is 13.8. The molecule has 0 spiro atoms. The number of nitrogens with zero attached hydrogens (tertiary/aromatic N) is 3. The summed E-state index contributed by atoms with van der Waals surface area (Å²) in [7, 11) is 0. The molecule has 0 fully saturated rings. The predicted octanol–water partition coefficient (Wildman–Crippen LogP) is 4.70. The Labute approximate surface area is 141 Å². The second kappa shape index (κ2) is 5.64. The Balaban J connectivity index is 1.60. The second-order valence-electron chi connectivity index (χ2n) is 6.64. The van der Waals surface area contributed by atoms with Crippen LogP contribution in [0.3, 0.4) is 0 Å². The van der Waals surface area contributed by atoms with Gasteiger partial charge in [-0.25, -0.2) is 9.97 Å². The Morgan fingerprint density at radius 1 is 0.958 bits per heavy atom. The first kappa shape index (κ1) is 14.7. The maximum Gasteiger partial charge on any atom is 0.140 e. The van der Waals surface area contributed by atoms with Crippen LogP contribution in [0.1, 0.15) is 19.4 Å². The van der Waals surface area contributed by atoms with Crippen LogP contribution in [-0.4, -0.2) is 16.5 Å². The quantitative estimate of drug-likeness (QED) is 0.702. The number of benzene rings is 2. The van der Waals surface area contributed by atoms with Gasteiger partial charge in [-0.1, -0.05) is 32.0 Å². The minimum atomic E-state index is 0.0375. The standard InChI is InChI=1S/C20H19N3O/c1-20(2)13-23(19-18(20)12-21-14-22-19)15-8-10-17(11-9-15)24-16-6-4-3-5-7-16/h3-12,14H,13H2,1-2H3. The van der Waals surface area contributed by atoms with E-state index in [4.69, 9.17) is 4.74 Å². The fourth-order valence-corrected chi connectivity index (χ4v) is 3.10. The van der Waals surface area contributed by atoms with Gasteiger partial charge >= 0.3 is 0 Å². The number of hydrogen-bond acceptors (Lipinski definition) is 4. The van der Waals surface area contributed by atoms with Crippen molar-refractivity contribution in [1.82, 2.24) is 9.97 Å². The van der Waals surface area contributed by atoms with Gasteiger partial charge in [0.15, 0.2) is 0 Å². The normalized spacial score (nSPS) is 15.2. The number of para-hydroxylation sites is 1. The van der Waals surface area contributed by atoms with E-state index in [1.54, 1.807) is 6.33 Å². The molecule has 1 aromatic heterocycles. The Bertz CT molecular complexity index is 844. The summed E-state index contributed by atoms with van der Waals surface area (Å²) < 4.78 is 5.86. The molecule has 2 heterocycles. The Morgan fingerprint density at radius 2 is 1.67 bits per heavy atom. The lowest BCUT2D eigenvalue weighted by atomic mass is 9.89. The van der Waals surface area contributed by atoms with Crippen molar-refractivity contribution in [3.8, 4) is 11.5 Å². The molecule has 4 rings (SSSR count). The molecule has 0 unspecified atom stereocenters. The SMILES string of the molecule is CC1(C)CN(c2ccc(Oc3ccccc3)cc2)c2ncncc21. The van der Waals surface area contributed by atoms with E-state index >= 15 is 0 Å². The Kier molecular flexibility index (Phi) is 3.45. The van der Waals surface area contributed by atoms with Crippen molar-refractivity contribution in [2.75, 3.05) is 11.4 Å². The molecule has 24 heavy (non-hydrogen) atoms. The van der Waals surface area contributed by atoms with Crippen LogP contribution in [0.15, 0.2) is 67.1 Å². The van der Waals surface area contributed by atoms with Crippen LogP contribution in [0.25, 0.3) is 0 Å². The molecule has 2 aromatic carbocycles. The number of rotatable bonds is 3. The van der Waals surface area contributed by atoms with Crippen molar-refractivity contribution in [3.63, 3.8) is 0 Å². The van der Waals surface area contributed by atoms with Crippen molar-refractivity contribution in [1.29, 1.82) is 0 Å². The topological polar surface area (TPSA) is 38.2 Å². The van der Waals surface area contributed by atoms with Crippen LogP contribution in [0, 0.1) is 0 Å². The molecule has 0 aliphatic carbocycles. The van der Waals surface area contributed by atoms with Crippen LogP contribution in [0.5, 0.6) is 11.5 Å². The number of hydrogen-bond donors (Lipinski definition) is 0. The van der Waals surface area contributed by atoms with Gasteiger partial charge in [-0.3, -0.25) is 0 Å². The monoisotopic (exact) mass is 317 g/mol. The van der Waals surface area contributed by atoms with E-state index in [2.05, 4.69) is 40.8 Å². The summed E-state index contributed by atoms with van der Waals surface area (Å²) in [4.78, 5) is 10.9. The summed E-state index contributed by atoms with van der Waals surface area (Å²) in [6.07, 6.45) is 3.54. The van der Waals surface area contributed by atoms with E-state index in [1.807, 2.05) is 48.7 Å². The molecule has 0 atom stereocenters. The van der Waals surface area contributed by atoms with E-state index in [1.165, 1.54) is 5.56 Å². The van der Waals surface area contributed by atoms with Gasteiger partial charge in [0.05, 0.1) is 0 Å². The fraction of sp³-hybridized carbons (Fsp3) is 0.200. The third-order valence-corrected chi connectivity index (χ3v) is 4.36. The molecule has 4 nitrogen and oxygen atoms in total. The summed E-state index contributed by atoms with van der Waals surface area (Å²) in [5.41, 5.74) is 2.34. The fourth-order valence-electron chi connectivity index (χ4n) is 3.10. The molecular weight excluding hydrogens is 298 g/mol. The largest absolute Gasteiger partial charge is 0.457 e. The molecule has 4 heteroatoms. The summed E-state index contributed by atoms with van der Waals surface area (Å²) in [5, 5.41) is 0. The average Bonchev–Trinajstić information content (AvgIpc) is 2.88. The summed E-state index contributed by atoms with van der Waals surface area (Å²) in [6, 6.07) is 17.9. The predicted molar refractivity (Wildman–Crippen MR) is 95.0 cm³/mol. The van der Waals surface area contributed by atoms with Crippen LogP contribution in [-0.2, 0) is 5.41 Å². The van der Waals surface area contributed by atoms with Crippen molar-refractivity contribution in [2.45, 2.75) is 19.3 Å². The average molecular weight is 317 g/mol. The molecule has 0 amide bonds. The van der Waals surface area contributed by atoms with Crippen molar-refractivity contribution in [3.05, 3.63) is 72.7 Å². The molecular formula is C20H19N3O. The zero-order valence-corrected chi connectivity index (χ0v) is 13.8.